The van der Waals surface area contributed by atoms with Crippen LogP contribution in [0.2, 0.25) is 0 Å². The fraction of sp³-hybridized carbons (Fsp3) is 0.267. The van der Waals surface area contributed by atoms with Gasteiger partial charge in [0.15, 0.2) is 0 Å². The van der Waals surface area contributed by atoms with E-state index in [1.54, 1.807) is 13.2 Å². The Hall–Kier alpha value is -2.23. The van der Waals surface area contributed by atoms with Crippen molar-refractivity contribution in [2.45, 2.75) is 19.9 Å². The number of hydrogen-bond donors (Lipinski definition) is 1. The van der Waals surface area contributed by atoms with Crippen molar-refractivity contribution in [1.82, 2.24) is 4.57 Å². The summed E-state index contributed by atoms with van der Waals surface area (Å²) >= 11 is 0. The third-order valence-corrected chi connectivity index (χ3v) is 3.01. The molecule has 0 bridgehead atoms. The molecule has 0 saturated carbocycles. The smallest absolute Gasteiger partial charge is 0.352 e. The second-order valence-electron chi connectivity index (χ2n) is 4.29. The summed E-state index contributed by atoms with van der Waals surface area (Å²) in [6.07, 6.45) is 0.881. The Labute approximate surface area is 112 Å². The van der Waals surface area contributed by atoms with Crippen molar-refractivity contribution in [3.05, 3.63) is 42.1 Å². The summed E-state index contributed by atoms with van der Waals surface area (Å²) in [5, 5.41) is 9.21. The van der Waals surface area contributed by atoms with Crippen LogP contribution in [0.1, 0.15) is 23.8 Å². The molecule has 0 unspecified atom stereocenters. The standard InChI is InChI=1S/C15H17NO3/c1-3-9-16-13(7-8-14(16)15(17)18)11-5-4-6-12(10-11)19-2/h4-8,10H,3,9H2,1-2H3,(H,17,18). The molecule has 1 heterocycles. The van der Waals surface area contributed by atoms with Gasteiger partial charge in [-0.05, 0) is 30.7 Å². The number of rotatable bonds is 5. The predicted molar refractivity (Wildman–Crippen MR) is 73.7 cm³/mol. The number of aromatic nitrogens is 1. The number of carboxylic acids is 1. The van der Waals surface area contributed by atoms with Crippen LogP contribution in [-0.4, -0.2) is 22.8 Å². The van der Waals surface area contributed by atoms with E-state index < -0.39 is 5.97 Å². The van der Waals surface area contributed by atoms with Crippen LogP contribution in [0.3, 0.4) is 0 Å². The molecule has 0 aliphatic rings. The summed E-state index contributed by atoms with van der Waals surface area (Å²) in [6, 6.07) is 11.1. The highest BCUT2D eigenvalue weighted by Crippen LogP contribution is 2.26. The monoisotopic (exact) mass is 259 g/mol. The second kappa shape index (κ2) is 5.61. The summed E-state index contributed by atoms with van der Waals surface area (Å²) in [6.45, 7) is 2.71. The topological polar surface area (TPSA) is 51.5 Å². The third kappa shape index (κ3) is 2.62. The zero-order valence-electron chi connectivity index (χ0n) is 11.1. The maximum Gasteiger partial charge on any atom is 0.352 e. The van der Waals surface area contributed by atoms with Crippen LogP contribution in [0.25, 0.3) is 11.3 Å². The molecule has 0 spiro atoms. The molecular formula is C15H17NO3. The highest BCUT2D eigenvalue weighted by atomic mass is 16.5. The molecule has 1 aromatic carbocycles. The molecule has 4 heteroatoms. The maximum absolute atomic E-state index is 11.2. The fourth-order valence-corrected chi connectivity index (χ4v) is 2.15. The first kappa shape index (κ1) is 13.2. The minimum absolute atomic E-state index is 0.319. The van der Waals surface area contributed by atoms with E-state index in [4.69, 9.17) is 4.74 Å². The highest BCUT2D eigenvalue weighted by molar-refractivity contribution is 5.87. The number of benzene rings is 1. The van der Waals surface area contributed by atoms with Crippen molar-refractivity contribution in [3.63, 3.8) is 0 Å². The molecule has 0 atom stereocenters. The molecule has 0 aliphatic heterocycles. The predicted octanol–water partition coefficient (Wildman–Crippen LogP) is 3.27. The minimum Gasteiger partial charge on any atom is -0.497 e. The molecule has 2 aromatic rings. The number of nitrogens with zero attached hydrogens (tertiary/aromatic N) is 1. The zero-order valence-corrected chi connectivity index (χ0v) is 11.1. The summed E-state index contributed by atoms with van der Waals surface area (Å²) in [7, 11) is 1.62. The summed E-state index contributed by atoms with van der Waals surface area (Å²) in [5.74, 6) is -0.138. The Morgan fingerprint density at radius 1 is 1.32 bits per heavy atom. The molecule has 0 fully saturated rings. The van der Waals surface area contributed by atoms with Crippen LogP contribution in [0.15, 0.2) is 36.4 Å². The van der Waals surface area contributed by atoms with Crippen LogP contribution in [0.5, 0.6) is 5.75 Å². The van der Waals surface area contributed by atoms with Gasteiger partial charge in [-0.15, -0.1) is 0 Å². The average Bonchev–Trinajstić information content (AvgIpc) is 2.83. The van der Waals surface area contributed by atoms with E-state index in [0.29, 0.717) is 12.2 Å². The van der Waals surface area contributed by atoms with Gasteiger partial charge in [-0.2, -0.15) is 0 Å². The van der Waals surface area contributed by atoms with Gasteiger partial charge in [0.2, 0.25) is 0 Å². The van der Waals surface area contributed by atoms with E-state index >= 15 is 0 Å². The molecule has 2 rings (SSSR count). The van der Waals surface area contributed by atoms with E-state index in [9.17, 15) is 9.90 Å². The Morgan fingerprint density at radius 3 is 2.74 bits per heavy atom. The van der Waals surface area contributed by atoms with Crippen LogP contribution >= 0.6 is 0 Å². The number of carboxylic acid groups (broad SMARTS) is 1. The molecule has 19 heavy (non-hydrogen) atoms. The fourth-order valence-electron chi connectivity index (χ4n) is 2.15. The largest absolute Gasteiger partial charge is 0.497 e. The minimum atomic E-state index is -0.900. The summed E-state index contributed by atoms with van der Waals surface area (Å²) in [5.41, 5.74) is 2.18. The molecule has 4 nitrogen and oxygen atoms in total. The summed E-state index contributed by atoms with van der Waals surface area (Å²) < 4.78 is 7.04. The van der Waals surface area contributed by atoms with E-state index in [2.05, 4.69) is 0 Å². The van der Waals surface area contributed by atoms with Crippen LogP contribution in [0.4, 0.5) is 0 Å². The zero-order chi connectivity index (χ0) is 13.8. The first-order valence-electron chi connectivity index (χ1n) is 6.24. The van der Waals surface area contributed by atoms with E-state index in [-0.39, 0.29) is 0 Å². The van der Waals surface area contributed by atoms with Gasteiger partial charge in [-0.3, -0.25) is 0 Å². The molecule has 0 amide bonds. The Bertz CT molecular complexity index is 587. The second-order valence-corrected chi connectivity index (χ2v) is 4.29. The molecular weight excluding hydrogens is 242 g/mol. The number of ether oxygens (including phenoxy) is 1. The first-order chi connectivity index (χ1) is 9.17. The van der Waals surface area contributed by atoms with Gasteiger partial charge < -0.3 is 14.4 Å². The van der Waals surface area contributed by atoms with Crippen molar-refractivity contribution >= 4 is 5.97 Å². The van der Waals surface area contributed by atoms with Crippen LogP contribution in [0, 0.1) is 0 Å². The van der Waals surface area contributed by atoms with Gasteiger partial charge in [-0.25, -0.2) is 4.79 Å². The number of carbonyl (C=O) groups is 1. The molecule has 1 aromatic heterocycles. The van der Waals surface area contributed by atoms with Gasteiger partial charge in [-0.1, -0.05) is 19.1 Å². The highest BCUT2D eigenvalue weighted by Gasteiger charge is 2.14. The van der Waals surface area contributed by atoms with Crippen molar-refractivity contribution in [2.75, 3.05) is 7.11 Å². The van der Waals surface area contributed by atoms with Gasteiger partial charge in [0.1, 0.15) is 11.4 Å². The lowest BCUT2D eigenvalue weighted by atomic mass is 10.1. The third-order valence-electron chi connectivity index (χ3n) is 3.01. The molecule has 0 aliphatic carbocycles. The number of hydrogen-bond acceptors (Lipinski definition) is 2. The van der Waals surface area contributed by atoms with Gasteiger partial charge in [0, 0.05) is 17.8 Å². The Kier molecular flexibility index (Phi) is 3.90. The number of aromatic carboxylic acids is 1. The van der Waals surface area contributed by atoms with Crippen molar-refractivity contribution < 1.29 is 14.6 Å². The quantitative estimate of drug-likeness (QED) is 0.896. The Balaban J connectivity index is 2.51. The molecule has 0 radical (unpaired) electrons. The molecule has 100 valence electrons. The van der Waals surface area contributed by atoms with Crippen molar-refractivity contribution in [2.24, 2.45) is 0 Å². The van der Waals surface area contributed by atoms with E-state index in [1.165, 1.54) is 0 Å². The lowest BCUT2D eigenvalue weighted by Crippen LogP contribution is -2.09. The normalized spacial score (nSPS) is 10.4. The molecule has 1 N–H and O–H groups in total. The lowest BCUT2D eigenvalue weighted by molar-refractivity contribution is 0.0685. The van der Waals surface area contributed by atoms with Gasteiger partial charge in [0.05, 0.1) is 7.11 Å². The van der Waals surface area contributed by atoms with Gasteiger partial charge >= 0.3 is 5.97 Å². The van der Waals surface area contributed by atoms with Crippen molar-refractivity contribution in [3.8, 4) is 17.0 Å². The molecule has 0 saturated heterocycles. The lowest BCUT2D eigenvalue weighted by Gasteiger charge is -2.11. The first-order valence-corrected chi connectivity index (χ1v) is 6.24. The summed E-state index contributed by atoms with van der Waals surface area (Å²) in [4.78, 5) is 11.2. The van der Waals surface area contributed by atoms with Crippen LogP contribution in [-0.2, 0) is 6.54 Å². The number of methoxy groups -OCH3 is 1. The SMILES string of the molecule is CCCn1c(C(=O)O)ccc1-c1cccc(OC)c1. The van der Waals surface area contributed by atoms with Gasteiger partial charge in [0.25, 0.3) is 0 Å². The van der Waals surface area contributed by atoms with Crippen molar-refractivity contribution in [1.29, 1.82) is 0 Å². The average molecular weight is 259 g/mol. The van der Waals surface area contributed by atoms with E-state index in [1.807, 2.05) is 41.8 Å². The van der Waals surface area contributed by atoms with E-state index in [0.717, 1.165) is 23.4 Å². The Morgan fingerprint density at radius 2 is 2.11 bits per heavy atom. The van der Waals surface area contributed by atoms with Crippen LogP contribution < -0.4 is 4.74 Å². The maximum atomic E-state index is 11.2.